The highest BCUT2D eigenvalue weighted by atomic mass is 16.5. The Kier molecular flexibility index (Phi) is 6.08. The standard InChI is InChI=1S/C21H24N2O4/c1-15-6-3-4-9-19(15)27-14-20(24)22-18-8-5-7-17(12-18)21(25)23-10-11-26-13-16(23)2/h3-9,12,16H,10-11,13-14H2,1-2H3,(H,22,24). The molecule has 2 aromatic carbocycles. The SMILES string of the molecule is Cc1ccccc1OCC(=O)Nc1cccc(C(=O)N2CCOCC2C)c1. The van der Waals surface area contributed by atoms with Crippen molar-refractivity contribution in [3.8, 4) is 5.75 Å². The third kappa shape index (κ3) is 4.86. The van der Waals surface area contributed by atoms with Crippen molar-refractivity contribution in [2.75, 3.05) is 31.7 Å². The summed E-state index contributed by atoms with van der Waals surface area (Å²) < 4.78 is 10.9. The van der Waals surface area contributed by atoms with Crippen LogP contribution in [-0.4, -0.2) is 49.1 Å². The van der Waals surface area contributed by atoms with Crippen molar-refractivity contribution >= 4 is 17.5 Å². The Morgan fingerprint density at radius 3 is 2.81 bits per heavy atom. The molecule has 1 N–H and O–H groups in total. The number of aryl methyl sites for hydroxylation is 1. The van der Waals surface area contributed by atoms with Gasteiger partial charge in [-0.25, -0.2) is 0 Å². The fourth-order valence-electron chi connectivity index (χ4n) is 2.98. The topological polar surface area (TPSA) is 67.9 Å². The van der Waals surface area contributed by atoms with Crippen molar-refractivity contribution in [2.45, 2.75) is 19.9 Å². The Hall–Kier alpha value is -2.86. The molecule has 0 aliphatic carbocycles. The Balaban J connectivity index is 1.60. The Bertz CT molecular complexity index is 821. The molecule has 0 radical (unpaired) electrons. The summed E-state index contributed by atoms with van der Waals surface area (Å²) in [5, 5.41) is 2.78. The van der Waals surface area contributed by atoms with Crippen LogP contribution in [-0.2, 0) is 9.53 Å². The third-order valence-corrected chi connectivity index (χ3v) is 4.47. The lowest BCUT2D eigenvalue weighted by Gasteiger charge is -2.33. The van der Waals surface area contributed by atoms with E-state index in [0.717, 1.165) is 5.56 Å². The number of para-hydroxylation sites is 1. The molecule has 0 spiro atoms. The number of nitrogens with zero attached hydrogens (tertiary/aromatic N) is 1. The summed E-state index contributed by atoms with van der Waals surface area (Å²) in [5.41, 5.74) is 2.08. The van der Waals surface area contributed by atoms with E-state index in [1.54, 1.807) is 29.2 Å². The van der Waals surface area contributed by atoms with Crippen LogP contribution in [0.1, 0.15) is 22.8 Å². The van der Waals surface area contributed by atoms with Crippen LogP contribution in [0.15, 0.2) is 48.5 Å². The highest BCUT2D eigenvalue weighted by Gasteiger charge is 2.24. The number of carbonyl (C=O) groups excluding carboxylic acids is 2. The van der Waals surface area contributed by atoms with E-state index in [9.17, 15) is 9.59 Å². The fraction of sp³-hybridized carbons (Fsp3) is 0.333. The van der Waals surface area contributed by atoms with Crippen molar-refractivity contribution in [3.63, 3.8) is 0 Å². The van der Waals surface area contributed by atoms with Gasteiger partial charge in [0, 0.05) is 17.8 Å². The van der Waals surface area contributed by atoms with E-state index in [0.29, 0.717) is 36.8 Å². The highest BCUT2D eigenvalue weighted by Crippen LogP contribution is 2.18. The number of hydrogen-bond acceptors (Lipinski definition) is 4. The first-order chi connectivity index (χ1) is 13.0. The average molecular weight is 368 g/mol. The maximum absolute atomic E-state index is 12.7. The summed E-state index contributed by atoms with van der Waals surface area (Å²) in [4.78, 5) is 26.7. The molecule has 0 saturated carbocycles. The van der Waals surface area contributed by atoms with Crippen LogP contribution >= 0.6 is 0 Å². The minimum Gasteiger partial charge on any atom is -0.483 e. The number of carbonyl (C=O) groups is 2. The molecule has 1 aliphatic heterocycles. The van der Waals surface area contributed by atoms with Crippen LogP contribution in [0.4, 0.5) is 5.69 Å². The van der Waals surface area contributed by atoms with Crippen molar-refractivity contribution in [1.29, 1.82) is 0 Å². The van der Waals surface area contributed by atoms with Gasteiger partial charge in [0.1, 0.15) is 5.75 Å². The second-order valence-corrected chi connectivity index (χ2v) is 6.61. The van der Waals surface area contributed by atoms with Crippen LogP contribution in [0.25, 0.3) is 0 Å². The van der Waals surface area contributed by atoms with Gasteiger partial charge in [-0.15, -0.1) is 0 Å². The number of ether oxygens (including phenoxy) is 2. The highest BCUT2D eigenvalue weighted by molar-refractivity contribution is 5.97. The molecular weight excluding hydrogens is 344 g/mol. The molecule has 27 heavy (non-hydrogen) atoms. The number of amides is 2. The molecule has 2 amide bonds. The van der Waals surface area contributed by atoms with Gasteiger partial charge in [-0.1, -0.05) is 24.3 Å². The number of rotatable bonds is 5. The lowest BCUT2D eigenvalue weighted by molar-refractivity contribution is -0.118. The van der Waals surface area contributed by atoms with Crippen molar-refractivity contribution in [2.24, 2.45) is 0 Å². The van der Waals surface area contributed by atoms with Crippen molar-refractivity contribution < 1.29 is 19.1 Å². The minimum absolute atomic E-state index is 0.0343. The summed E-state index contributed by atoms with van der Waals surface area (Å²) in [6.45, 7) is 5.45. The van der Waals surface area contributed by atoms with Crippen LogP contribution in [0.3, 0.4) is 0 Å². The maximum atomic E-state index is 12.7. The lowest BCUT2D eigenvalue weighted by Crippen LogP contribution is -2.47. The van der Waals surface area contributed by atoms with Gasteiger partial charge in [-0.05, 0) is 43.7 Å². The van der Waals surface area contributed by atoms with Crippen molar-refractivity contribution in [1.82, 2.24) is 4.90 Å². The van der Waals surface area contributed by atoms with Crippen LogP contribution in [0.5, 0.6) is 5.75 Å². The van der Waals surface area contributed by atoms with E-state index in [2.05, 4.69) is 5.32 Å². The summed E-state index contributed by atoms with van der Waals surface area (Å²) in [5.74, 6) is 0.346. The molecule has 1 atom stereocenters. The molecule has 3 rings (SSSR count). The first kappa shape index (κ1) is 18.9. The average Bonchev–Trinajstić information content (AvgIpc) is 2.67. The number of anilines is 1. The van der Waals surface area contributed by atoms with E-state index >= 15 is 0 Å². The summed E-state index contributed by atoms with van der Waals surface area (Å²) in [7, 11) is 0. The van der Waals surface area contributed by atoms with Crippen LogP contribution in [0.2, 0.25) is 0 Å². The lowest BCUT2D eigenvalue weighted by atomic mass is 10.1. The van der Waals surface area contributed by atoms with E-state index in [1.807, 2.05) is 38.1 Å². The summed E-state index contributed by atoms with van der Waals surface area (Å²) in [6, 6.07) is 14.5. The van der Waals surface area contributed by atoms with Gasteiger partial charge in [0.25, 0.3) is 11.8 Å². The molecule has 0 bridgehead atoms. The van der Waals surface area contributed by atoms with Gasteiger partial charge in [-0.3, -0.25) is 9.59 Å². The Labute approximate surface area is 159 Å². The van der Waals surface area contributed by atoms with E-state index < -0.39 is 0 Å². The van der Waals surface area contributed by atoms with Gasteiger partial charge in [0.05, 0.1) is 19.3 Å². The van der Waals surface area contributed by atoms with Gasteiger partial charge in [0.2, 0.25) is 0 Å². The molecule has 2 aromatic rings. The zero-order valence-electron chi connectivity index (χ0n) is 15.6. The summed E-state index contributed by atoms with van der Waals surface area (Å²) >= 11 is 0. The molecule has 1 unspecified atom stereocenters. The second kappa shape index (κ2) is 8.68. The van der Waals surface area contributed by atoms with Crippen LogP contribution < -0.4 is 10.1 Å². The molecule has 1 heterocycles. The molecule has 1 saturated heterocycles. The zero-order valence-corrected chi connectivity index (χ0v) is 15.6. The molecule has 6 nitrogen and oxygen atoms in total. The molecule has 6 heteroatoms. The number of hydrogen-bond donors (Lipinski definition) is 1. The van der Waals surface area contributed by atoms with E-state index in [4.69, 9.17) is 9.47 Å². The monoisotopic (exact) mass is 368 g/mol. The van der Waals surface area contributed by atoms with Gasteiger partial charge >= 0.3 is 0 Å². The molecular formula is C21H24N2O4. The first-order valence-corrected chi connectivity index (χ1v) is 9.01. The predicted octanol–water partition coefficient (Wildman–Crippen LogP) is 2.87. The molecule has 1 fully saturated rings. The third-order valence-electron chi connectivity index (χ3n) is 4.47. The molecule has 0 aromatic heterocycles. The normalized spacial score (nSPS) is 16.7. The Morgan fingerprint density at radius 2 is 2.04 bits per heavy atom. The summed E-state index contributed by atoms with van der Waals surface area (Å²) in [6.07, 6.45) is 0. The predicted molar refractivity (Wildman–Crippen MR) is 103 cm³/mol. The first-order valence-electron chi connectivity index (χ1n) is 9.01. The quantitative estimate of drug-likeness (QED) is 0.881. The zero-order chi connectivity index (χ0) is 19.2. The second-order valence-electron chi connectivity index (χ2n) is 6.61. The van der Waals surface area contributed by atoms with Gasteiger partial charge in [-0.2, -0.15) is 0 Å². The fourth-order valence-corrected chi connectivity index (χ4v) is 2.98. The number of morpholine rings is 1. The number of benzene rings is 2. The smallest absolute Gasteiger partial charge is 0.262 e. The van der Waals surface area contributed by atoms with Gasteiger partial charge in [0.15, 0.2) is 6.61 Å². The maximum Gasteiger partial charge on any atom is 0.262 e. The Morgan fingerprint density at radius 1 is 1.22 bits per heavy atom. The largest absolute Gasteiger partial charge is 0.483 e. The molecule has 1 aliphatic rings. The van der Waals surface area contributed by atoms with Crippen molar-refractivity contribution in [3.05, 3.63) is 59.7 Å². The van der Waals surface area contributed by atoms with Gasteiger partial charge < -0.3 is 19.7 Å². The van der Waals surface area contributed by atoms with E-state index in [1.165, 1.54) is 0 Å². The van der Waals surface area contributed by atoms with Crippen LogP contribution in [0, 0.1) is 6.92 Å². The molecule has 142 valence electrons. The van der Waals surface area contributed by atoms with E-state index in [-0.39, 0.29) is 24.5 Å². The number of nitrogens with one attached hydrogen (secondary N) is 1. The minimum atomic E-state index is -0.275.